The smallest absolute Gasteiger partial charge is 0.269 e. The number of hydrazone groups is 1. The number of non-ortho nitro benzene ring substituents is 1. The SMILES string of the molecule is O=[N+]([O-])c1ccc(-c2ccc(/C=N/Nc3c(Cl)cc(Cl)cc3Cl)o2)cc1. The van der Waals surface area contributed by atoms with Gasteiger partial charge in [0.1, 0.15) is 11.5 Å². The predicted octanol–water partition coefficient (Wildman–Crippen LogP) is 6.26. The zero-order valence-electron chi connectivity index (χ0n) is 12.9. The van der Waals surface area contributed by atoms with Crippen LogP contribution in [0.5, 0.6) is 0 Å². The molecule has 0 radical (unpaired) electrons. The largest absolute Gasteiger partial charge is 0.455 e. The van der Waals surface area contributed by atoms with Crippen molar-refractivity contribution in [2.24, 2.45) is 5.10 Å². The van der Waals surface area contributed by atoms with Crippen molar-refractivity contribution in [3.63, 3.8) is 0 Å². The molecule has 0 amide bonds. The molecular formula is C17H10Cl3N3O3. The van der Waals surface area contributed by atoms with E-state index in [-0.39, 0.29) is 5.69 Å². The monoisotopic (exact) mass is 409 g/mol. The molecule has 0 aliphatic heterocycles. The molecule has 0 saturated carbocycles. The Morgan fingerprint density at radius 1 is 1.04 bits per heavy atom. The van der Waals surface area contributed by atoms with Gasteiger partial charge in [0, 0.05) is 22.7 Å². The van der Waals surface area contributed by atoms with Crippen molar-refractivity contribution in [2.45, 2.75) is 0 Å². The molecule has 1 N–H and O–H groups in total. The first kappa shape index (κ1) is 18.3. The molecule has 3 aromatic rings. The fraction of sp³-hybridized carbons (Fsp3) is 0. The van der Waals surface area contributed by atoms with E-state index >= 15 is 0 Å². The molecule has 132 valence electrons. The van der Waals surface area contributed by atoms with E-state index in [0.717, 1.165) is 0 Å². The number of nitro groups is 1. The first-order valence-electron chi connectivity index (χ1n) is 7.22. The Morgan fingerprint density at radius 3 is 2.31 bits per heavy atom. The van der Waals surface area contributed by atoms with Crippen LogP contribution >= 0.6 is 34.8 Å². The molecule has 0 aliphatic carbocycles. The van der Waals surface area contributed by atoms with Crippen molar-refractivity contribution in [1.82, 2.24) is 0 Å². The van der Waals surface area contributed by atoms with Crippen molar-refractivity contribution < 1.29 is 9.34 Å². The van der Waals surface area contributed by atoms with Crippen molar-refractivity contribution in [2.75, 3.05) is 5.43 Å². The Bertz CT molecular complexity index is 961. The van der Waals surface area contributed by atoms with Crippen LogP contribution in [0.2, 0.25) is 15.1 Å². The summed E-state index contributed by atoms with van der Waals surface area (Å²) in [5.41, 5.74) is 3.90. The van der Waals surface area contributed by atoms with Gasteiger partial charge in [0.05, 0.1) is 26.9 Å². The first-order chi connectivity index (χ1) is 12.4. The molecule has 0 unspecified atom stereocenters. The number of anilines is 1. The maximum absolute atomic E-state index is 10.7. The van der Waals surface area contributed by atoms with Gasteiger partial charge in [0.2, 0.25) is 0 Å². The van der Waals surface area contributed by atoms with E-state index in [1.54, 1.807) is 36.4 Å². The minimum absolute atomic E-state index is 0.0167. The highest BCUT2D eigenvalue weighted by molar-refractivity contribution is 6.41. The quantitative estimate of drug-likeness (QED) is 0.306. The summed E-state index contributed by atoms with van der Waals surface area (Å²) in [6.45, 7) is 0. The molecular weight excluding hydrogens is 401 g/mol. The maximum Gasteiger partial charge on any atom is 0.269 e. The van der Waals surface area contributed by atoms with E-state index in [1.807, 2.05) is 0 Å². The van der Waals surface area contributed by atoms with Gasteiger partial charge in [0.25, 0.3) is 5.69 Å². The molecule has 0 fully saturated rings. The number of rotatable bonds is 5. The van der Waals surface area contributed by atoms with Crippen molar-refractivity contribution in [3.8, 4) is 11.3 Å². The molecule has 2 aromatic carbocycles. The lowest BCUT2D eigenvalue weighted by molar-refractivity contribution is -0.384. The Morgan fingerprint density at radius 2 is 1.69 bits per heavy atom. The Hall–Kier alpha value is -2.54. The van der Waals surface area contributed by atoms with E-state index < -0.39 is 4.92 Å². The molecule has 0 aliphatic rings. The summed E-state index contributed by atoms with van der Waals surface area (Å²) in [4.78, 5) is 10.2. The summed E-state index contributed by atoms with van der Waals surface area (Å²) in [6, 6.07) is 12.6. The van der Waals surface area contributed by atoms with Gasteiger partial charge < -0.3 is 4.42 Å². The van der Waals surface area contributed by atoms with E-state index in [0.29, 0.717) is 37.8 Å². The molecule has 1 heterocycles. The molecule has 0 saturated heterocycles. The van der Waals surface area contributed by atoms with Crippen LogP contribution in [0.25, 0.3) is 11.3 Å². The number of furan rings is 1. The zero-order valence-corrected chi connectivity index (χ0v) is 15.2. The average molecular weight is 411 g/mol. The minimum atomic E-state index is -0.456. The van der Waals surface area contributed by atoms with Gasteiger partial charge >= 0.3 is 0 Å². The molecule has 1 aromatic heterocycles. The molecule has 0 spiro atoms. The van der Waals surface area contributed by atoms with Gasteiger partial charge in [-0.3, -0.25) is 15.5 Å². The van der Waals surface area contributed by atoms with E-state index in [2.05, 4.69) is 10.5 Å². The fourth-order valence-electron chi connectivity index (χ4n) is 2.13. The maximum atomic E-state index is 10.7. The van der Waals surface area contributed by atoms with E-state index in [4.69, 9.17) is 39.2 Å². The summed E-state index contributed by atoms with van der Waals surface area (Å²) in [5.74, 6) is 1.04. The minimum Gasteiger partial charge on any atom is -0.455 e. The molecule has 3 rings (SSSR count). The number of benzene rings is 2. The summed E-state index contributed by atoms with van der Waals surface area (Å²) in [6.07, 6.45) is 1.45. The van der Waals surface area contributed by atoms with Crippen LogP contribution in [-0.2, 0) is 0 Å². The first-order valence-corrected chi connectivity index (χ1v) is 8.36. The summed E-state index contributed by atoms with van der Waals surface area (Å²) < 4.78 is 5.64. The summed E-state index contributed by atoms with van der Waals surface area (Å²) >= 11 is 18.0. The third-order valence-corrected chi connectivity index (χ3v) is 4.18. The lowest BCUT2D eigenvalue weighted by Crippen LogP contribution is -1.92. The molecule has 9 heteroatoms. The van der Waals surface area contributed by atoms with Gasteiger partial charge in [-0.15, -0.1) is 0 Å². The highest BCUT2D eigenvalue weighted by Crippen LogP contribution is 2.33. The van der Waals surface area contributed by atoms with Gasteiger partial charge in [0.15, 0.2) is 0 Å². The normalized spacial score (nSPS) is 11.0. The molecule has 0 bridgehead atoms. The summed E-state index contributed by atoms with van der Waals surface area (Å²) in [5, 5.41) is 15.8. The number of nitrogens with one attached hydrogen (secondary N) is 1. The van der Waals surface area contributed by atoms with E-state index in [9.17, 15) is 10.1 Å². The second kappa shape index (κ2) is 7.78. The van der Waals surface area contributed by atoms with Crippen LogP contribution < -0.4 is 5.43 Å². The third-order valence-electron chi connectivity index (χ3n) is 3.36. The lowest BCUT2D eigenvalue weighted by Gasteiger charge is -2.06. The Kier molecular flexibility index (Phi) is 5.46. The second-order valence-electron chi connectivity index (χ2n) is 5.12. The van der Waals surface area contributed by atoms with E-state index in [1.165, 1.54) is 18.3 Å². The topological polar surface area (TPSA) is 80.7 Å². The van der Waals surface area contributed by atoms with Crippen LogP contribution in [0.1, 0.15) is 5.76 Å². The van der Waals surface area contributed by atoms with Gasteiger partial charge in [-0.2, -0.15) is 5.10 Å². The Balaban J connectivity index is 1.72. The Labute approximate surface area is 163 Å². The van der Waals surface area contributed by atoms with Crippen LogP contribution in [0, 0.1) is 10.1 Å². The lowest BCUT2D eigenvalue weighted by atomic mass is 10.1. The van der Waals surface area contributed by atoms with Crippen LogP contribution in [-0.4, -0.2) is 11.1 Å². The number of halogens is 3. The third kappa shape index (κ3) is 4.16. The molecule has 26 heavy (non-hydrogen) atoms. The van der Waals surface area contributed by atoms with Crippen LogP contribution in [0.15, 0.2) is 58.0 Å². The van der Waals surface area contributed by atoms with Gasteiger partial charge in [-0.1, -0.05) is 34.8 Å². The zero-order chi connectivity index (χ0) is 18.7. The number of nitro benzene ring substituents is 1. The van der Waals surface area contributed by atoms with Crippen molar-refractivity contribution in [1.29, 1.82) is 0 Å². The highest BCUT2D eigenvalue weighted by Gasteiger charge is 2.09. The second-order valence-corrected chi connectivity index (χ2v) is 6.37. The van der Waals surface area contributed by atoms with Crippen LogP contribution in [0.3, 0.4) is 0 Å². The molecule has 0 atom stereocenters. The standard InChI is InChI=1S/C17H10Cl3N3O3/c18-11-7-14(19)17(15(20)8-11)22-21-9-13-5-6-16(26-13)10-1-3-12(4-2-10)23(24)25/h1-9,22H/b21-9+. The van der Waals surface area contributed by atoms with Crippen molar-refractivity contribution >= 4 is 52.4 Å². The number of hydrogen-bond acceptors (Lipinski definition) is 5. The molecule has 6 nitrogen and oxygen atoms in total. The van der Waals surface area contributed by atoms with Crippen LogP contribution in [0.4, 0.5) is 11.4 Å². The summed E-state index contributed by atoms with van der Waals surface area (Å²) in [7, 11) is 0. The number of hydrogen-bond donors (Lipinski definition) is 1. The van der Waals surface area contributed by atoms with Crippen molar-refractivity contribution in [3.05, 3.63) is 79.5 Å². The fourth-order valence-corrected chi connectivity index (χ4v) is 3.04. The number of nitrogens with zero attached hydrogens (tertiary/aromatic N) is 2. The van der Waals surface area contributed by atoms with Gasteiger partial charge in [-0.05, 0) is 36.4 Å². The predicted molar refractivity (Wildman–Crippen MR) is 103 cm³/mol. The highest BCUT2D eigenvalue weighted by atomic mass is 35.5. The van der Waals surface area contributed by atoms with Gasteiger partial charge in [-0.25, -0.2) is 0 Å². The average Bonchev–Trinajstić information content (AvgIpc) is 3.06.